The molecular weight excluding hydrogens is 250 g/mol. The van der Waals surface area contributed by atoms with Crippen LogP contribution in [0, 0.1) is 0 Å². The zero-order chi connectivity index (χ0) is 13.0. The zero-order valence-corrected chi connectivity index (χ0v) is 10.6. The lowest BCUT2D eigenvalue weighted by Crippen LogP contribution is -2.06. The number of nitrogens with zero attached hydrogens (tertiary/aromatic N) is 1. The van der Waals surface area contributed by atoms with Crippen molar-refractivity contribution in [3.63, 3.8) is 0 Å². The van der Waals surface area contributed by atoms with E-state index in [1.54, 1.807) is 43.6 Å². The van der Waals surface area contributed by atoms with E-state index in [0.717, 1.165) is 5.56 Å². The van der Waals surface area contributed by atoms with E-state index in [1.165, 1.54) is 0 Å². The molecule has 0 N–H and O–H groups in total. The zero-order valence-electron chi connectivity index (χ0n) is 9.89. The first kappa shape index (κ1) is 12.6. The number of aromatic nitrogens is 1. The fourth-order valence-corrected chi connectivity index (χ4v) is 1.99. The minimum absolute atomic E-state index is 0.331. The number of esters is 1. The van der Waals surface area contributed by atoms with E-state index in [-0.39, 0.29) is 5.97 Å². The molecule has 1 aromatic carbocycles. The van der Waals surface area contributed by atoms with Crippen LogP contribution in [0.2, 0.25) is 5.02 Å². The van der Waals surface area contributed by atoms with E-state index in [9.17, 15) is 4.79 Å². The lowest BCUT2D eigenvalue weighted by molar-refractivity contribution is 0.0527. The summed E-state index contributed by atoms with van der Waals surface area (Å²) < 4.78 is 5.03. The SMILES string of the molecule is CCOC(=O)c1cccc(Cl)c1-c1cccnc1. The molecule has 92 valence electrons. The predicted molar refractivity (Wildman–Crippen MR) is 70.6 cm³/mol. The van der Waals surface area contributed by atoms with Gasteiger partial charge in [-0.1, -0.05) is 23.7 Å². The van der Waals surface area contributed by atoms with Crippen molar-refractivity contribution in [3.05, 3.63) is 53.3 Å². The molecule has 0 atom stereocenters. The average molecular weight is 262 g/mol. The van der Waals surface area contributed by atoms with Gasteiger partial charge in [-0.3, -0.25) is 4.98 Å². The maximum atomic E-state index is 11.9. The van der Waals surface area contributed by atoms with E-state index >= 15 is 0 Å². The molecule has 4 heteroatoms. The number of ether oxygens (including phenoxy) is 1. The summed E-state index contributed by atoms with van der Waals surface area (Å²) in [6.45, 7) is 2.10. The molecule has 0 radical (unpaired) electrons. The molecule has 18 heavy (non-hydrogen) atoms. The number of rotatable bonds is 3. The fourth-order valence-electron chi connectivity index (χ4n) is 1.71. The fraction of sp³-hybridized carbons (Fsp3) is 0.143. The molecule has 0 bridgehead atoms. The van der Waals surface area contributed by atoms with Gasteiger partial charge in [0, 0.05) is 28.5 Å². The van der Waals surface area contributed by atoms with Crippen molar-refractivity contribution >= 4 is 17.6 Å². The Bertz CT molecular complexity index is 555. The normalized spacial score (nSPS) is 10.1. The second-order valence-corrected chi connectivity index (χ2v) is 4.03. The van der Waals surface area contributed by atoms with Gasteiger partial charge in [0.25, 0.3) is 0 Å². The standard InChI is InChI=1S/C14H12ClNO2/c1-2-18-14(17)11-6-3-7-12(15)13(11)10-5-4-8-16-9-10/h3-9H,2H2,1H3. The molecule has 0 aliphatic heterocycles. The van der Waals surface area contributed by atoms with Gasteiger partial charge in [-0.25, -0.2) is 4.79 Å². The van der Waals surface area contributed by atoms with Crippen molar-refractivity contribution in [1.82, 2.24) is 4.98 Å². The summed E-state index contributed by atoms with van der Waals surface area (Å²) in [5.74, 6) is -0.376. The van der Waals surface area contributed by atoms with Gasteiger partial charge in [-0.15, -0.1) is 0 Å². The van der Waals surface area contributed by atoms with Crippen LogP contribution < -0.4 is 0 Å². The van der Waals surface area contributed by atoms with Crippen LogP contribution in [0.1, 0.15) is 17.3 Å². The predicted octanol–water partition coefficient (Wildman–Crippen LogP) is 3.58. The third-order valence-corrected chi connectivity index (χ3v) is 2.77. The summed E-state index contributed by atoms with van der Waals surface area (Å²) in [4.78, 5) is 15.9. The first-order valence-electron chi connectivity index (χ1n) is 5.60. The Morgan fingerprint density at radius 2 is 2.17 bits per heavy atom. The number of hydrogen-bond acceptors (Lipinski definition) is 3. The van der Waals surface area contributed by atoms with Crippen molar-refractivity contribution < 1.29 is 9.53 Å². The Morgan fingerprint density at radius 1 is 1.33 bits per heavy atom. The highest BCUT2D eigenvalue weighted by molar-refractivity contribution is 6.34. The monoisotopic (exact) mass is 261 g/mol. The molecule has 2 rings (SSSR count). The minimum atomic E-state index is -0.376. The summed E-state index contributed by atoms with van der Waals surface area (Å²) >= 11 is 6.17. The Hall–Kier alpha value is -1.87. The Morgan fingerprint density at radius 3 is 2.83 bits per heavy atom. The van der Waals surface area contributed by atoms with Gasteiger partial charge in [0.05, 0.1) is 12.2 Å². The summed E-state index contributed by atoms with van der Waals surface area (Å²) in [6, 6.07) is 8.83. The van der Waals surface area contributed by atoms with Crippen LogP contribution in [0.25, 0.3) is 11.1 Å². The second-order valence-electron chi connectivity index (χ2n) is 3.62. The van der Waals surface area contributed by atoms with Crippen molar-refractivity contribution in [2.75, 3.05) is 6.61 Å². The maximum absolute atomic E-state index is 11.9. The van der Waals surface area contributed by atoms with Crippen LogP contribution in [0.3, 0.4) is 0 Å². The molecular formula is C14H12ClNO2. The second kappa shape index (κ2) is 5.65. The van der Waals surface area contributed by atoms with E-state index in [4.69, 9.17) is 16.3 Å². The number of benzene rings is 1. The van der Waals surface area contributed by atoms with E-state index in [1.807, 2.05) is 6.07 Å². The van der Waals surface area contributed by atoms with Gasteiger partial charge in [0.15, 0.2) is 0 Å². The number of hydrogen-bond donors (Lipinski definition) is 0. The van der Waals surface area contributed by atoms with Gasteiger partial charge in [-0.2, -0.15) is 0 Å². The minimum Gasteiger partial charge on any atom is -0.462 e. The van der Waals surface area contributed by atoms with Gasteiger partial charge in [-0.05, 0) is 25.1 Å². The third kappa shape index (κ3) is 2.51. The Kier molecular flexibility index (Phi) is 3.95. The lowest BCUT2D eigenvalue weighted by atomic mass is 10.0. The van der Waals surface area contributed by atoms with Gasteiger partial charge in [0.1, 0.15) is 0 Å². The van der Waals surface area contributed by atoms with Crippen LogP contribution in [-0.2, 0) is 4.74 Å². The first-order chi connectivity index (χ1) is 8.74. The highest BCUT2D eigenvalue weighted by atomic mass is 35.5. The van der Waals surface area contributed by atoms with E-state index in [0.29, 0.717) is 22.8 Å². The van der Waals surface area contributed by atoms with E-state index < -0.39 is 0 Å². The van der Waals surface area contributed by atoms with Gasteiger partial charge in [0.2, 0.25) is 0 Å². The van der Waals surface area contributed by atoms with Crippen LogP contribution in [-0.4, -0.2) is 17.6 Å². The first-order valence-corrected chi connectivity index (χ1v) is 5.98. The molecule has 0 saturated heterocycles. The van der Waals surface area contributed by atoms with Crippen molar-refractivity contribution in [2.45, 2.75) is 6.92 Å². The van der Waals surface area contributed by atoms with Crippen LogP contribution >= 0.6 is 11.6 Å². The molecule has 0 fully saturated rings. The summed E-state index contributed by atoms with van der Waals surface area (Å²) in [5.41, 5.74) is 1.91. The Balaban J connectivity index is 2.55. The van der Waals surface area contributed by atoms with Crippen molar-refractivity contribution in [1.29, 1.82) is 0 Å². The average Bonchev–Trinajstić information content (AvgIpc) is 2.39. The van der Waals surface area contributed by atoms with Crippen LogP contribution in [0.4, 0.5) is 0 Å². The molecule has 0 aliphatic carbocycles. The molecule has 1 aromatic heterocycles. The smallest absolute Gasteiger partial charge is 0.338 e. The van der Waals surface area contributed by atoms with E-state index in [2.05, 4.69) is 4.98 Å². The molecule has 0 saturated carbocycles. The number of carbonyl (C=O) groups is 1. The molecule has 0 amide bonds. The molecule has 1 heterocycles. The Labute approximate surface area is 110 Å². The van der Waals surface area contributed by atoms with Crippen LogP contribution in [0.5, 0.6) is 0 Å². The topological polar surface area (TPSA) is 39.2 Å². The quantitative estimate of drug-likeness (QED) is 0.793. The number of halogens is 1. The molecule has 0 aliphatic rings. The summed E-state index contributed by atoms with van der Waals surface area (Å²) in [5, 5.41) is 0.508. The third-order valence-electron chi connectivity index (χ3n) is 2.46. The lowest BCUT2D eigenvalue weighted by Gasteiger charge is -2.10. The van der Waals surface area contributed by atoms with Gasteiger partial charge >= 0.3 is 5.97 Å². The number of pyridine rings is 1. The largest absolute Gasteiger partial charge is 0.462 e. The summed E-state index contributed by atoms with van der Waals surface area (Å²) in [7, 11) is 0. The molecule has 3 nitrogen and oxygen atoms in total. The molecule has 2 aromatic rings. The summed E-state index contributed by atoms with van der Waals surface area (Å²) in [6.07, 6.45) is 3.34. The van der Waals surface area contributed by atoms with Crippen molar-refractivity contribution in [3.8, 4) is 11.1 Å². The van der Waals surface area contributed by atoms with Crippen molar-refractivity contribution in [2.24, 2.45) is 0 Å². The van der Waals surface area contributed by atoms with Crippen LogP contribution in [0.15, 0.2) is 42.7 Å². The maximum Gasteiger partial charge on any atom is 0.338 e. The highest BCUT2D eigenvalue weighted by Gasteiger charge is 2.16. The molecule has 0 spiro atoms. The number of carbonyl (C=O) groups excluding carboxylic acids is 1. The highest BCUT2D eigenvalue weighted by Crippen LogP contribution is 2.31. The molecule has 0 unspecified atom stereocenters. The van der Waals surface area contributed by atoms with Gasteiger partial charge < -0.3 is 4.74 Å².